The normalized spacial score (nSPS) is 24.2. The number of aliphatic hydroxyl groups is 1. The Morgan fingerprint density at radius 3 is 2.33 bits per heavy atom. The lowest BCUT2D eigenvalue weighted by atomic mass is 9.85. The van der Waals surface area contributed by atoms with Crippen molar-refractivity contribution in [3.8, 4) is 0 Å². The number of hydrogen-bond acceptors (Lipinski definition) is 3. The van der Waals surface area contributed by atoms with Gasteiger partial charge < -0.3 is 20.4 Å². The quantitative estimate of drug-likeness (QED) is 0.738. The molecule has 21 heavy (non-hydrogen) atoms. The second kappa shape index (κ2) is 7.11. The van der Waals surface area contributed by atoms with E-state index >= 15 is 0 Å². The molecule has 0 aromatic heterocycles. The molecule has 1 rings (SSSR count). The summed E-state index contributed by atoms with van der Waals surface area (Å²) < 4.78 is 0. The first kappa shape index (κ1) is 17.8. The molecule has 1 aliphatic rings. The SMILES string of the molecule is CN(C(=O)NC(CC(=O)O)C(C)(C)C)C1CCCCC1O. The minimum Gasteiger partial charge on any atom is -0.481 e. The maximum absolute atomic E-state index is 12.3. The van der Waals surface area contributed by atoms with E-state index in [0.29, 0.717) is 6.42 Å². The molecule has 3 atom stereocenters. The molecular weight excluding hydrogens is 272 g/mol. The van der Waals surface area contributed by atoms with E-state index in [0.717, 1.165) is 19.3 Å². The number of carboxylic acid groups (broad SMARTS) is 1. The fourth-order valence-corrected chi connectivity index (χ4v) is 2.69. The molecular formula is C15H28N2O4. The number of amides is 2. The van der Waals surface area contributed by atoms with E-state index in [2.05, 4.69) is 5.32 Å². The van der Waals surface area contributed by atoms with Crippen molar-refractivity contribution in [1.29, 1.82) is 0 Å². The predicted octanol–water partition coefficient (Wildman–Crippen LogP) is 1.82. The highest BCUT2D eigenvalue weighted by Crippen LogP contribution is 2.24. The van der Waals surface area contributed by atoms with Crippen LogP contribution >= 0.6 is 0 Å². The summed E-state index contributed by atoms with van der Waals surface area (Å²) in [5.41, 5.74) is -0.347. The summed E-state index contributed by atoms with van der Waals surface area (Å²) in [5.74, 6) is -0.935. The van der Waals surface area contributed by atoms with E-state index in [4.69, 9.17) is 5.11 Å². The van der Waals surface area contributed by atoms with Crippen molar-refractivity contribution < 1.29 is 19.8 Å². The second-order valence-corrected chi connectivity index (χ2v) is 7.00. The van der Waals surface area contributed by atoms with Crippen molar-refractivity contribution in [2.24, 2.45) is 5.41 Å². The summed E-state index contributed by atoms with van der Waals surface area (Å²) in [6.07, 6.45) is 2.86. The molecule has 6 nitrogen and oxygen atoms in total. The third-order valence-corrected chi connectivity index (χ3v) is 4.23. The average Bonchev–Trinajstić information content (AvgIpc) is 2.36. The van der Waals surface area contributed by atoms with E-state index in [1.54, 1.807) is 7.05 Å². The molecule has 3 N–H and O–H groups in total. The fourth-order valence-electron chi connectivity index (χ4n) is 2.69. The molecule has 0 saturated heterocycles. The van der Waals surface area contributed by atoms with Crippen LogP contribution in [0, 0.1) is 5.41 Å². The third-order valence-electron chi connectivity index (χ3n) is 4.23. The predicted molar refractivity (Wildman–Crippen MR) is 80.1 cm³/mol. The number of nitrogens with one attached hydrogen (secondary N) is 1. The van der Waals surface area contributed by atoms with Crippen LogP contribution in [0.1, 0.15) is 52.9 Å². The summed E-state index contributed by atoms with van der Waals surface area (Å²) in [4.78, 5) is 24.8. The summed E-state index contributed by atoms with van der Waals surface area (Å²) in [6, 6.07) is -0.961. The summed E-state index contributed by atoms with van der Waals surface area (Å²) in [7, 11) is 1.66. The number of likely N-dealkylation sites (N-methyl/N-ethyl adjacent to an activating group) is 1. The number of aliphatic hydroxyl groups excluding tert-OH is 1. The Labute approximate surface area is 126 Å². The molecule has 0 heterocycles. The second-order valence-electron chi connectivity index (χ2n) is 7.00. The van der Waals surface area contributed by atoms with E-state index in [1.807, 2.05) is 20.8 Å². The summed E-state index contributed by atoms with van der Waals surface area (Å²) in [5, 5.41) is 21.8. The van der Waals surface area contributed by atoms with Crippen molar-refractivity contribution in [2.45, 2.75) is 71.1 Å². The molecule has 0 bridgehead atoms. The van der Waals surface area contributed by atoms with Gasteiger partial charge in [-0.1, -0.05) is 33.6 Å². The third kappa shape index (κ3) is 5.19. The van der Waals surface area contributed by atoms with Crippen molar-refractivity contribution in [3.63, 3.8) is 0 Å². The van der Waals surface area contributed by atoms with E-state index in [9.17, 15) is 14.7 Å². The monoisotopic (exact) mass is 300 g/mol. The van der Waals surface area contributed by atoms with Crippen molar-refractivity contribution >= 4 is 12.0 Å². The van der Waals surface area contributed by atoms with Crippen LogP contribution in [0.3, 0.4) is 0 Å². The van der Waals surface area contributed by atoms with Crippen molar-refractivity contribution in [1.82, 2.24) is 10.2 Å². The Balaban J connectivity index is 2.69. The molecule has 6 heteroatoms. The van der Waals surface area contributed by atoms with Crippen LogP contribution in [0.25, 0.3) is 0 Å². The van der Waals surface area contributed by atoms with Crippen LogP contribution in [0.5, 0.6) is 0 Å². The van der Waals surface area contributed by atoms with Gasteiger partial charge in [-0.25, -0.2) is 4.79 Å². The van der Waals surface area contributed by atoms with Crippen LogP contribution in [-0.4, -0.2) is 52.3 Å². The first-order valence-corrected chi connectivity index (χ1v) is 7.56. The van der Waals surface area contributed by atoms with E-state index in [-0.39, 0.29) is 23.9 Å². The number of hydrogen-bond donors (Lipinski definition) is 3. The average molecular weight is 300 g/mol. The fraction of sp³-hybridized carbons (Fsp3) is 0.867. The lowest BCUT2D eigenvalue weighted by molar-refractivity contribution is -0.138. The molecule has 0 aliphatic heterocycles. The molecule has 1 fully saturated rings. The molecule has 0 aromatic rings. The zero-order valence-corrected chi connectivity index (χ0v) is 13.4. The molecule has 0 radical (unpaired) electrons. The van der Waals surface area contributed by atoms with Gasteiger partial charge in [0.25, 0.3) is 0 Å². The first-order chi connectivity index (χ1) is 9.62. The van der Waals surface area contributed by atoms with Crippen LogP contribution < -0.4 is 5.32 Å². The van der Waals surface area contributed by atoms with Crippen molar-refractivity contribution in [3.05, 3.63) is 0 Å². The Hall–Kier alpha value is -1.30. The van der Waals surface area contributed by atoms with Crippen LogP contribution in [0.2, 0.25) is 0 Å². The highest BCUT2D eigenvalue weighted by molar-refractivity contribution is 5.76. The molecule has 0 spiro atoms. The van der Waals surface area contributed by atoms with Gasteiger partial charge in [-0.2, -0.15) is 0 Å². The van der Waals surface area contributed by atoms with Gasteiger partial charge in [0.05, 0.1) is 18.6 Å². The molecule has 0 aromatic carbocycles. The number of carbonyl (C=O) groups excluding carboxylic acids is 1. The van der Waals surface area contributed by atoms with Crippen LogP contribution in [0.4, 0.5) is 4.79 Å². The molecule has 1 saturated carbocycles. The van der Waals surface area contributed by atoms with E-state index in [1.165, 1.54) is 4.90 Å². The van der Waals surface area contributed by atoms with Gasteiger partial charge >= 0.3 is 12.0 Å². The summed E-state index contributed by atoms with van der Waals surface area (Å²) >= 11 is 0. The van der Waals surface area contributed by atoms with Gasteiger partial charge in [0.1, 0.15) is 0 Å². The minimum absolute atomic E-state index is 0.115. The summed E-state index contributed by atoms with van der Waals surface area (Å²) in [6.45, 7) is 5.70. The highest BCUT2D eigenvalue weighted by Gasteiger charge is 2.33. The molecule has 3 unspecified atom stereocenters. The van der Waals surface area contributed by atoms with Gasteiger partial charge in [-0.15, -0.1) is 0 Å². The molecule has 2 amide bonds. The highest BCUT2D eigenvalue weighted by atomic mass is 16.4. The van der Waals surface area contributed by atoms with Gasteiger partial charge in [0.15, 0.2) is 0 Å². The lowest BCUT2D eigenvalue weighted by Crippen LogP contribution is -2.54. The number of carboxylic acids is 1. The van der Waals surface area contributed by atoms with Crippen LogP contribution in [0.15, 0.2) is 0 Å². The first-order valence-electron chi connectivity index (χ1n) is 7.56. The Morgan fingerprint density at radius 1 is 1.29 bits per heavy atom. The standard InChI is InChI=1S/C15H28N2O4/c1-15(2,3)12(9-13(19)20)16-14(21)17(4)10-7-5-6-8-11(10)18/h10-12,18H,5-9H2,1-4H3,(H,16,21)(H,19,20). The zero-order valence-electron chi connectivity index (χ0n) is 13.4. The maximum atomic E-state index is 12.3. The number of nitrogens with zero attached hydrogens (tertiary/aromatic N) is 1. The lowest BCUT2D eigenvalue weighted by Gasteiger charge is -2.37. The largest absolute Gasteiger partial charge is 0.481 e. The maximum Gasteiger partial charge on any atom is 0.317 e. The molecule has 1 aliphatic carbocycles. The van der Waals surface area contributed by atoms with Gasteiger partial charge in [0, 0.05) is 13.1 Å². The van der Waals surface area contributed by atoms with Gasteiger partial charge in [0.2, 0.25) is 0 Å². The number of rotatable bonds is 4. The van der Waals surface area contributed by atoms with Crippen molar-refractivity contribution in [2.75, 3.05) is 7.05 Å². The van der Waals surface area contributed by atoms with Gasteiger partial charge in [-0.3, -0.25) is 4.79 Å². The zero-order chi connectivity index (χ0) is 16.2. The van der Waals surface area contributed by atoms with Gasteiger partial charge in [-0.05, 0) is 18.3 Å². The Bertz CT molecular complexity index is 378. The molecule has 122 valence electrons. The Kier molecular flexibility index (Phi) is 6.01. The number of aliphatic carboxylic acids is 1. The minimum atomic E-state index is -0.935. The number of carbonyl (C=O) groups is 2. The van der Waals surface area contributed by atoms with Crippen LogP contribution in [-0.2, 0) is 4.79 Å². The number of urea groups is 1. The topological polar surface area (TPSA) is 89.9 Å². The van der Waals surface area contributed by atoms with E-state index < -0.39 is 18.1 Å². The smallest absolute Gasteiger partial charge is 0.317 e. The Morgan fingerprint density at radius 2 is 1.86 bits per heavy atom.